The van der Waals surface area contributed by atoms with Gasteiger partial charge >= 0.3 is 11.9 Å². The molecule has 1 aromatic rings. The molecule has 2 saturated carbocycles. The van der Waals surface area contributed by atoms with Crippen LogP contribution in [0.5, 0.6) is 0 Å². The summed E-state index contributed by atoms with van der Waals surface area (Å²) >= 11 is 6.45. The van der Waals surface area contributed by atoms with Crippen molar-refractivity contribution < 1.29 is 41.9 Å². The molecule has 31 heavy (non-hydrogen) atoms. The van der Waals surface area contributed by atoms with Gasteiger partial charge in [-0.05, 0) is 86.3 Å². The van der Waals surface area contributed by atoms with E-state index in [1.54, 1.807) is 0 Å². The van der Waals surface area contributed by atoms with Gasteiger partial charge in [0.15, 0.2) is 6.29 Å². The topological polar surface area (TPSA) is 136 Å². The lowest BCUT2D eigenvalue weighted by Gasteiger charge is -2.32. The number of ether oxygens (including phenoxy) is 3. The summed E-state index contributed by atoms with van der Waals surface area (Å²) in [6.07, 6.45) is -1.99. The summed E-state index contributed by atoms with van der Waals surface area (Å²) in [4.78, 5) is 25.1. The minimum absolute atomic E-state index is 0.219. The van der Waals surface area contributed by atoms with Crippen molar-refractivity contribution in [2.75, 3.05) is 12.4 Å². The number of aliphatic hydroxyl groups excluding tert-OH is 1. The summed E-state index contributed by atoms with van der Waals surface area (Å²) in [5.74, 6) is -4.08. The molecule has 3 aliphatic rings. The Balaban J connectivity index is 1.52. The lowest BCUT2D eigenvalue weighted by molar-refractivity contribution is -0.188. The molecule has 1 heterocycles. The predicted octanol–water partition coefficient (Wildman–Crippen LogP) is 2.12. The Bertz CT molecular complexity index is 1030. The Kier molecular flexibility index (Phi) is 7.13. The molecule has 0 radical (unpaired) electrons. The normalized spacial score (nSPS) is 32.2. The third-order valence-corrected chi connectivity index (χ3v) is 10.4. The van der Waals surface area contributed by atoms with Gasteiger partial charge in [-0.15, -0.1) is 0 Å². The zero-order chi connectivity index (χ0) is 22.7. The van der Waals surface area contributed by atoms with Crippen molar-refractivity contribution in [2.45, 2.75) is 24.9 Å². The summed E-state index contributed by atoms with van der Waals surface area (Å²) in [7, 11) is -4.27. The second-order valence-electron chi connectivity index (χ2n) is 7.71. The number of carbonyl (C=O) groups excluding carboxylic acids is 2. The number of aliphatic hydroxyl groups is 1. The summed E-state index contributed by atoms with van der Waals surface area (Å²) in [5, 5.41) is 10.8. The van der Waals surface area contributed by atoms with Gasteiger partial charge in [-0.2, -0.15) is 8.42 Å². The molecule has 1 aromatic carbocycles. The summed E-state index contributed by atoms with van der Waals surface area (Å²) < 4.78 is 49.8. The van der Waals surface area contributed by atoms with Crippen molar-refractivity contribution in [3.63, 3.8) is 0 Å². The fraction of sp³-hybridized carbons (Fsp3) is 0.556. The lowest BCUT2D eigenvalue weighted by atomic mass is 9.78. The Hall–Kier alpha value is 0.180. The van der Waals surface area contributed by atoms with Crippen LogP contribution < -0.4 is 0 Å². The first-order valence-electron chi connectivity index (χ1n) is 9.28. The molecule has 0 amide bonds. The summed E-state index contributed by atoms with van der Waals surface area (Å²) in [6, 6.07) is 3.78. The van der Waals surface area contributed by atoms with Crippen molar-refractivity contribution in [3.05, 3.63) is 28.4 Å². The molecule has 3 fully saturated rings. The van der Waals surface area contributed by atoms with Crippen molar-refractivity contribution in [3.8, 4) is 0 Å². The van der Waals surface area contributed by atoms with Crippen LogP contribution in [0.15, 0.2) is 12.1 Å². The van der Waals surface area contributed by atoms with Crippen LogP contribution in [0.25, 0.3) is 0 Å². The van der Waals surface area contributed by atoms with Crippen LogP contribution in [0.1, 0.15) is 18.3 Å². The van der Waals surface area contributed by atoms with Crippen LogP contribution in [0.3, 0.4) is 0 Å². The van der Waals surface area contributed by atoms with Crippen LogP contribution in [-0.4, -0.2) is 54.6 Å². The van der Waals surface area contributed by atoms with Gasteiger partial charge in [0.1, 0.15) is 24.6 Å². The summed E-state index contributed by atoms with van der Waals surface area (Å²) in [6.45, 7) is -0.510. The van der Waals surface area contributed by atoms with Gasteiger partial charge in [0.25, 0.3) is 10.1 Å². The molecule has 4 rings (SSSR count). The Morgan fingerprint density at radius 1 is 1.26 bits per heavy atom. The maximum atomic E-state index is 12.7. The second-order valence-corrected chi connectivity index (χ2v) is 12.8. The molecule has 1 aliphatic heterocycles. The SMILES string of the molecule is O=C1OC2C3CC(C2OC(O)c2cc(I)cc(I)c2I)C(C(=O)OCCS(=O)(=O)O)C13. The molecule has 2 bridgehead atoms. The Morgan fingerprint density at radius 2 is 1.97 bits per heavy atom. The number of halogens is 3. The van der Waals surface area contributed by atoms with Gasteiger partial charge < -0.3 is 19.3 Å². The molecule has 7 atom stereocenters. The quantitative estimate of drug-likeness (QED) is 0.140. The van der Waals surface area contributed by atoms with Crippen molar-refractivity contribution >= 4 is 89.8 Å². The largest absolute Gasteiger partial charge is 0.464 e. The van der Waals surface area contributed by atoms with Crippen LogP contribution in [0.2, 0.25) is 0 Å². The Morgan fingerprint density at radius 3 is 2.65 bits per heavy atom. The maximum Gasteiger partial charge on any atom is 0.310 e. The first kappa shape index (κ1) is 24.3. The van der Waals surface area contributed by atoms with E-state index in [0.29, 0.717) is 12.0 Å². The van der Waals surface area contributed by atoms with Crippen molar-refractivity contribution in [1.82, 2.24) is 0 Å². The molecule has 2 aliphatic carbocycles. The minimum atomic E-state index is -4.27. The molecule has 0 spiro atoms. The molecular weight excluding hydrogens is 773 g/mol. The number of fused-ring (bicyclic) bond motifs is 1. The van der Waals surface area contributed by atoms with E-state index in [4.69, 9.17) is 18.8 Å². The van der Waals surface area contributed by atoms with E-state index in [9.17, 15) is 23.1 Å². The van der Waals surface area contributed by atoms with Crippen LogP contribution in [0.4, 0.5) is 0 Å². The van der Waals surface area contributed by atoms with Crippen LogP contribution in [0, 0.1) is 34.4 Å². The highest BCUT2D eigenvalue weighted by molar-refractivity contribution is 14.1. The number of hydrogen-bond donors (Lipinski definition) is 2. The average molecular weight is 790 g/mol. The number of esters is 2. The van der Waals surface area contributed by atoms with E-state index < -0.39 is 70.7 Å². The number of carbonyl (C=O) groups is 2. The molecule has 170 valence electrons. The van der Waals surface area contributed by atoms with Gasteiger partial charge in [0.05, 0.1) is 11.8 Å². The zero-order valence-electron chi connectivity index (χ0n) is 15.6. The minimum Gasteiger partial charge on any atom is -0.464 e. The third kappa shape index (κ3) is 4.73. The fourth-order valence-corrected chi connectivity index (χ4v) is 7.58. The van der Waals surface area contributed by atoms with E-state index in [2.05, 4.69) is 67.8 Å². The summed E-state index contributed by atoms with van der Waals surface area (Å²) in [5.41, 5.74) is 0.591. The van der Waals surface area contributed by atoms with E-state index in [1.165, 1.54) is 0 Å². The molecular formula is C18H17I3O9S. The van der Waals surface area contributed by atoms with Crippen LogP contribution >= 0.6 is 67.8 Å². The average Bonchev–Trinajstić information content (AvgIpc) is 3.27. The highest BCUT2D eigenvalue weighted by atomic mass is 127. The van der Waals surface area contributed by atoms with Gasteiger partial charge in [-0.1, -0.05) is 0 Å². The molecule has 2 N–H and O–H groups in total. The van der Waals surface area contributed by atoms with E-state index in [1.807, 2.05) is 12.1 Å². The molecule has 9 nitrogen and oxygen atoms in total. The lowest BCUT2D eigenvalue weighted by Crippen LogP contribution is -2.43. The van der Waals surface area contributed by atoms with Crippen molar-refractivity contribution in [1.29, 1.82) is 0 Å². The Labute approximate surface area is 219 Å². The van der Waals surface area contributed by atoms with Gasteiger partial charge in [0.2, 0.25) is 0 Å². The molecule has 0 aromatic heterocycles. The van der Waals surface area contributed by atoms with E-state index in [-0.39, 0.29) is 5.92 Å². The smallest absolute Gasteiger partial charge is 0.310 e. The van der Waals surface area contributed by atoms with E-state index in [0.717, 1.165) is 10.7 Å². The number of rotatable bonds is 7. The highest BCUT2D eigenvalue weighted by Crippen LogP contribution is 2.59. The van der Waals surface area contributed by atoms with Crippen LogP contribution in [-0.2, 0) is 33.9 Å². The third-order valence-electron chi connectivity index (χ3n) is 5.98. The second kappa shape index (κ2) is 9.09. The molecule has 1 saturated heterocycles. The van der Waals surface area contributed by atoms with E-state index >= 15 is 0 Å². The standard InChI is InChI=1S/C18H17I3O9S/c19-6-3-9(13(21)10(20)4-6)16(22)29-14-7-5-8-12(18(24)30-15(8)14)11(7)17(23)28-1-2-31(25,26)27/h3-4,7-8,11-12,14-16,22H,1-2,5H2,(H,25,26,27). The number of hydrogen-bond acceptors (Lipinski definition) is 8. The first-order valence-corrected chi connectivity index (χ1v) is 14.1. The molecule has 13 heteroatoms. The number of benzene rings is 1. The predicted molar refractivity (Wildman–Crippen MR) is 130 cm³/mol. The fourth-order valence-electron chi connectivity index (χ4n) is 4.81. The van der Waals surface area contributed by atoms with Gasteiger partial charge in [0, 0.05) is 28.1 Å². The van der Waals surface area contributed by atoms with Gasteiger partial charge in [-0.3, -0.25) is 14.1 Å². The highest BCUT2D eigenvalue weighted by Gasteiger charge is 2.69. The van der Waals surface area contributed by atoms with Crippen molar-refractivity contribution in [2.24, 2.45) is 23.7 Å². The molecule has 7 unspecified atom stereocenters. The van der Waals surface area contributed by atoms with Gasteiger partial charge in [-0.25, -0.2) is 0 Å². The maximum absolute atomic E-state index is 12.7. The first-order chi connectivity index (χ1) is 14.5. The monoisotopic (exact) mass is 790 g/mol. The zero-order valence-corrected chi connectivity index (χ0v) is 22.9.